The molecule has 0 radical (unpaired) electrons. The zero-order valence-corrected chi connectivity index (χ0v) is 13.4. The second-order valence-corrected chi connectivity index (χ2v) is 5.79. The predicted octanol–water partition coefficient (Wildman–Crippen LogP) is 2.83. The van der Waals surface area contributed by atoms with Crippen molar-refractivity contribution in [3.8, 4) is 0 Å². The van der Waals surface area contributed by atoms with Crippen LogP contribution in [-0.2, 0) is 13.1 Å². The maximum atomic E-state index is 9.69. The van der Waals surface area contributed by atoms with E-state index in [2.05, 4.69) is 32.9 Å². The molecule has 0 aliphatic carbocycles. The second kappa shape index (κ2) is 7.02. The summed E-state index contributed by atoms with van der Waals surface area (Å²) in [6, 6.07) is 8.05. The highest BCUT2D eigenvalue weighted by atomic mass is 79.9. The molecule has 1 heterocycles. The van der Waals surface area contributed by atoms with Crippen molar-refractivity contribution in [3.63, 3.8) is 0 Å². The van der Waals surface area contributed by atoms with Crippen LogP contribution in [0.5, 0.6) is 0 Å². The summed E-state index contributed by atoms with van der Waals surface area (Å²) in [7, 11) is 2.02. The number of hydrogen-bond donors (Lipinski definition) is 1. The van der Waals surface area contributed by atoms with Crippen molar-refractivity contribution in [2.75, 3.05) is 13.7 Å². The molecular weight excluding hydrogens is 318 g/mol. The number of nitrogens with zero attached hydrogens (tertiary/aromatic N) is 3. The molecule has 1 N–H and O–H groups in total. The Hall–Kier alpha value is -1.17. The van der Waals surface area contributed by atoms with Gasteiger partial charge in [0.2, 0.25) is 0 Å². The second-order valence-electron chi connectivity index (χ2n) is 4.87. The van der Waals surface area contributed by atoms with E-state index in [1.54, 1.807) is 0 Å². The molecule has 0 spiro atoms. The standard InChI is InChI=1S/C15H20BrN3O/c1-3-19-10-12(8-17-19)9-18(2)15(11-20)13-5-4-6-14(16)7-13/h4-8,10,15,20H,3,9,11H2,1-2H3. The molecule has 0 amide bonds. The number of aliphatic hydroxyl groups is 1. The Kier molecular flexibility index (Phi) is 5.34. The number of aromatic nitrogens is 2. The van der Waals surface area contributed by atoms with Gasteiger partial charge in [-0.3, -0.25) is 9.58 Å². The minimum absolute atomic E-state index is 0.0162. The Morgan fingerprint density at radius 3 is 2.85 bits per heavy atom. The molecule has 0 saturated heterocycles. The van der Waals surface area contributed by atoms with Crippen LogP contribution in [0.1, 0.15) is 24.1 Å². The first-order valence-electron chi connectivity index (χ1n) is 6.72. The Bertz CT molecular complexity index is 556. The first-order valence-corrected chi connectivity index (χ1v) is 7.51. The molecule has 1 atom stereocenters. The SMILES string of the molecule is CCn1cc(CN(C)C(CO)c2cccc(Br)c2)cn1. The van der Waals surface area contributed by atoms with Crippen molar-refractivity contribution >= 4 is 15.9 Å². The molecule has 2 rings (SSSR count). The van der Waals surface area contributed by atoms with E-state index in [4.69, 9.17) is 0 Å². The Morgan fingerprint density at radius 1 is 1.45 bits per heavy atom. The molecule has 4 nitrogen and oxygen atoms in total. The van der Waals surface area contributed by atoms with E-state index in [9.17, 15) is 5.11 Å². The molecular formula is C15H20BrN3O. The van der Waals surface area contributed by atoms with E-state index in [1.165, 1.54) is 0 Å². The quantitative estimate of drug-likeness (QED) is 0.881. The third kappa shape index (κ3) is 3.69. The van der Waals surface area contributed by atoms with Gasteiger partial charge in [0, 0.05) is 29.3 Å². The topological polar surface area (TPSA) is 41.3 Å². The van der Waals surface area contributed by atoms with Gasteiger partial charge in [0.25, 0.3) is 0 Å². The number of aliphatic hydroxyl groups excluding tert-OH is 1. The zero-order chi connectivity index (χ0) is 14.5. The maximum Gasteiger partial charge on any atom is 0.0628 e. The molecule has 0 saturated carbocycles. The molecule has 0 bridgehead atoms. The molecule has 0 aliphatic heterocycles. The van der Waals surface area contributed by atoms with E-state index in [-0.39, 0.29) is 12.6 Å². The predicted molar refractivity (Wildman–Crippen MR) is 83.3 cm³/mol. The van der Waals surface area contributed by atoms with Gasteiger partial charge in [0.05, 0.1) is 18.8 Å². The van der Waals surface area contributed by atoms with Crippen LogP contribution in [0.2, 0.25) is 0 Å². The molecule has 1 aromatic carbocycles. The fourth-order valence-corrected chi connectivity index (χ4v) is 2.69. The summed E-state index contributed by atoms with van der Waals surface area (Å²) in [5.41, 5.74) is 2.26. The van der Waals surface area contributed by atoms with E-state index in [1.807, 2.05) is 48.4 Å². The van der Waals surface area contributed by atoms with Gasteiger partial charge in [-0.15, -0.1) is 0 Å². The summed E-state index contributed by atoms with van der Waals surface area (Å²) < 4.78 is 2.94. The first-order chi connectivity index (χ1) is 9.63. The molecule has 108 valence electrons. The summed E-state index contributed by atoms with van der Waals surface area (Å²) in [6.07, 6.45) is 3.93. The fraction of sp³-hybridized carbons (Fsp3) is 0.400. The highest BCUT2D eigenvalue weighted by Crippen LogP contribution is 2.23. The summed E-state index contributed by atoms with van der Waals surface area (Å²) in [6.45, 7) is 3.80. The molecule has 0 aliphatic rings. The Morgan fingerprint density at radius 2 is 2.25 bits per heavy atom. The van der Waals surface area contributed by atoms with Crippen molar-refractivity contribution in [2.24, 2.45) is 0 Å². The zero-order valence-electron chi connectivity index (χ0n) is 11.8. The van der Waals surface area contributed by atoms with Gasteiger partial charge in [-0.1, -0.05) is 28.1 Å². The van der Waals surface area contributed by atoms with Gasteiger partial charge in [0.15, 0.2) is 0 Å². The summed E-state index contributed by atoms with van der Waals surface area (Å²) >= 11 is 3.47. The molecule has 20 heavy (non-hydrogen) atoms. The minimum Gasteiger partial charge on any atom is -0.394 e. The van der Waals surface area contributed by atoms with Gasteiger partial charge in [0.1, 0.15) is 0 Å². The lowest BCUT2D eigenvalue weighted by Crippen LogP contribution is -2.26. The lowest BCUT2D eigenvalue weighted by atomic mass is 10.1. The monoisotopic (exact) mass is 337 g/mol. The Labute approximate surface area is 128 Å². The van der Waals surface area contributed by atoms with Gasteiger partial charge < -0.3 is 5.11 Å². The number of hydrogen-bond acceptors (Lipinski definition) is 3. The van der Waals surface area contributed by atoms with Crippen LogP contribution in [0.4, 0.5) is 0 Å². The number of halogens is 1. The van der Waals surface area contributed by atoms with Gasteiger partial charge in [-0.05, 0) is 31.7 Å². The van der Waals surface area contributed by atoms with Gasteiger partial charge in [-0.2, -0.15) is 5.10 Å². The molecule has 1 unspecified atom stereocenters. The average molecular weight is 338 g/mol. The lowest BCUT2D eigenvalue weighted by Gasteiger charge is -2.26. The van der Waals surface area contributed by atoms with E-state index >= 15 is 0 Å². The van der Waals surface area contributed by atoms with Crippen LogP contribution in [0.3, 0.4) is 0 Å². The van der Waals surface area contributed by atoms with Crippen molar-refractivity contribution in [1.29, 1.82) is 0 Å². The largest absolute Gasteiger partial charge is 0.394 e. The molecule has 0 fully saturated rings. The summed E-state index contributed by atoms with van der Waals surface area (Å²) in [4.78, 5) is 2.14. The number of aryl methyl sites for hydroxylation is 1. The van der Waals surface area contributed by atoms with Gasteiger partial charge >= 0.3 is 0 Å². The van der Waals surface area contributed by atoms with Crippen LogP contribution in [0, 0.1) is 0 Å². The van der Waals surface area contributed by atoms with E-state index < -0.39 is 0 Å². The highest BCUT2D eigenvalue weighted by Gasteiger charge is 2.17. The molecule has 2 aromatic rings. The number of rotatable bonds is 6. The normalized spacial score (nSPS) is 12.8. The van der Waals surface area contributed by atoms with Crippen molar-refractivity contribution in [1.82, 2.24) is 14.7 Å². The van der Waals surface area contributed by atoms with Crippen molar-refractivity contribution in [3.05, 3.63) is 52.3 Å². The molecule has 5 heteroatoms. The number of benzene rings is 1. The van der Waals surface area contributed by atoms with Crippen LogP contribution in [-0.4, -0.2) is 33.4 Å². The average Bonchev–Trinajstić information content (AvgIpc) is 2.87. The van der Waals surface area contributed by atoms with E-state index in [0.29, 0.717) is 0 Å². The van der Waals surface area contributed by atoms with Crippen molar-refractivity contribution in [2.45, 2.75) is 26.1 Å². The van der Waals surface area contributed by atoms with Crippen LogP contribution in [0.25, 0.3) is 0 Å². The van der Waals surface area contributed by atoms with Crippen LogP contribution in [0.15, 0.2) is 41.1 Å². The third-order valence-electron chi connectivity index (χ3n) is 3.38. The maximum absolute atomic E-state index is 9.69. The van der Waals surface area contributed by atoms with Crippen LogP contribution < -0.4 is 0 Å². The first kappa shape index (κ1) is 15.2. The van der Waals surface area contributed by atoms with Gasteiger partial charge in [-0.25, -0.2) is 0 Å². The summed E-state index contributed by atoms with van der Waals surface area (Å²) in [5, 5.41) is 14.0. The van der Waals surface area contributed by atoms with Crippen molar-refractivity contribution < 1.29 is 5.11 Å². The number of likely N-dealkylation sites (N-methyl/N-ethyl adjacent to an activating group) is 1. The summed E-state index contributed by atoms with van der Waals surface area (Å²) in [5.74, 6) is 0. The Balaban J connectivity index is 2.10. The lowest BCUT2D eigenvalue weighted by molar-refractivity contribution is 0.142. The minimum atomic E-state index is -0.0162. The fourth-order valence-electron chi connectivity index (χ4n) is 2.27. The smallest absolute Gasteiger partial charge is 0.0628 e. The highest BCUT2D eigenvalue weighted by molar-refractivity contribution is 9.10. The van der Waals surface area contributed by atoms with E-state index in [0.717, 1.165) is 28.7 Å². The van der Waals surface area contributed by atoms with Crippen LogP contribution >= 0.6 is 15.9 Å². The molecule has 1 aromatic heterocycles. The third-order valence-corrected chi connectivity index (χ3v) is 3.87.